The Hall–Kier alpha value is -3.62. The van der Waals surface area contributed by atoms with E-state index in [0.29, 0.717) is 22.7 Å². The van der Waals surface area contributed by atoms with Crippen LogP contribution in [0.15, 0.2) is 117 Å². The molecule has 2 aliphatic heterocycles. The molecule has 0 spiro atoms. The molecule has 8 heteroatoms. The fourth-order valence-corrected chi connectivity index (χ4v) is 7.89. The summed E-state index contributed by atoms with van der Waals surface area (Å²) in [6.07, 6.45) is 0. The van der Waals surface area contributed by atoms with Crippen LogP contribution in [0.25, 0.3) is 0 Å². The van der Waals surface area contributed by atoms with Gasteiger partial charge in [-0.25, -0.2) is 16.8 Å². The zero-order valence-electron chi connectivity index (χ0n) is 17.3. The summed E-state index contributed by atoms with van der Waals surface area (Å²) >= 11 is 0. The van der Waals surface area contributed by atoms with Gasteiger partial charge in [-0.05, 0) is 48.5 Å². The smallest absolute Gasteiger partial charge is 0.210 e. The molecule has 0 atom stereocenters. The molecule has 0 unspecified atom stereocenters. The van der Waals surface area contributed by atoms with Crippen molar-refractivity contribution >= 4 is 42.4 Å². The Kier molecular flexibility index (Phi) is 4.21. The number of hydrogen-bond donors (Lipinski definition) is 0. The third kappa shape index (κ3) is 2.77. The predicted molar refractivity (Wildman–Crippen MR) is 126 cm³/mol. The van der Waals surface area contributed by atoms with Gasteiger partial charge < -0.3 is 9.80 Å². The highest BCUT2D eigenvalue weighted by atomic mass is 32.2. The van der Waals surface area contributed by atoms with Gasteiger partial charge in [0.25, 0.3) is 0 Å². The number of sulfone groups is 2. The number of anilines is 4. The normalized spacial score (nSPS) is 16.8. The highest BCUT2D eigenvalue weighted by Gasteiger charge is 2.38. The maximum atomic E-state index is 13.3. The number of nitrogens with zero attached hydrogens (tertiary/aromatic N) is 2. The molecular weight excluding hydrogens is 456 g/mol. The van der Waals surface area contributed by atoms with E-state index in [2.05, 4.69) is 0 Å². The highest BCUT2D eigenvalue weighted by Crippen LogP contribution is 2.48. The van der Waals surface area contributed by atoms with Gasteiger partial charge in [0.1, 0.15) is 6.67 Å². The van der Waals surface area contributed by atoms with Crippen LogP contribution in [-0.2, 0) is 19.7 Å². The van der Waals surface area contributed by atoms with Crippen LogP contribution in [-0.4, -0.2) is 23.5 Å². The van der Waals surface area contributed by atoms with Crippen molar-refractivity contribution in [3.63, 3.8) is 0 Å². The molecule has 0 N–H and O–H groups in total. The zero-order valence-corrected chi connectivity index (χ0v) is 18.9. The van der Waals surface area contributed by atoms with E-state index in [0.717, 1.165) is 0 Å². The average Bonchev–Trinajstić information content (AvgIpc) is 2.84. The molecule has 2 aliphatic rings. The Balaban J connectivity index is 1.59. The molecule has 33 heavy (non-hydrogen) atoms. The van der Waals surface area contributed by atoms with E-state index < -0.39 is 19.7 Å². The van der Waals surface area contributed by atoms with Gasteiger partial charge in [-0.15, -0.1) is 0 Å². The first kappa shape index (κ1) is 20.0. The van der Waals surface area contributed by atoms with Crippen LogP contribution in [0, 0.1) is 0 Å². The molecular formula is C25H18N2O4S2. The molecule has 4 aromatic rings. The van der Waals surface area contributed by atoms with Crippen LogP contribution in [0.3, 0.4) is 0 Å². The SMILES string of the molecule is O=S1(=O)c2ccccc2N(CN2c3ccccc3S(=O)(=O)c3ccccc32)c2ccccc21. The largest absolute Gasteiger partial charge is 0.320 e. The number of fused-ring (bicyclic) bond motifs is 4. The molecule has 0 bridgehead atoms. The monoisotopic (exact) mass is 474 g/mol. The number of benzene rings is 4. The Morgan fingerprint density at radius 2 is 0.667 bits per heavy atom. The summed E-state index contributed by atoms with van der Waals surface area (Å²) in [7, 11) is -7.34. The van der Waals surface area contributed by atoms with Crippen molar-refractivity contribution in [3.8, 4) is 0 Å². The van der Waals surface area contributed by atoms with Gasteiger partial charge in [-0.3, -0.25) is 0 Å². The second kappa shape index (κ2) is 6.94. The summed E-state index contributed by atoms with van der Waals surface area (Å²) in [5.41, 5.74) is 2.22. The molecule has 6 nitrogen and oxygen atoms in total. The van der Waals surface area contributed by atoms with Gasteiger partial charge in [0.15, 0.2) is 0 Å². The maximum Gasteiger partial charge on any atom is 0.210 e. The van der Waals surface area contributed by atoms with Crippen LogP contribution >= 0.6 is 0 Å². The number of rotatable bonds is 2. The second-order valence-electron chi connectivity index (χ2n) is 7.88. The van der Waals surface area contributed by atoms with Crippen LogP contribution in [0.4, 0.5) is 22.7 Å². The molecule has 0 amide bonds. The topological polar surface area (TPSA) is 74.8 Å². The summed E-state index contributed by atoms with van der Waals surface area (Å²) in [6, 6.07) is 27.6. The molecule has 2 heterocycles. The van der Waals surface area contributed by atoms with E-state index in [1.165, 1.54) is 0 Å². The van der Waals surface area contributed by atoms with E-state index in [4.69, 9.17) is 0 Å². The lowest BCUT2D eigenvalue weighted by atomic mass is 10.2. The van der Waals surface area contributed by atoms with E-state index in [1.807, 2.05) is 9.80 Å². The summed E-state index contributed by atoms with van der Waals surface area (Å²) in [5, 5.41) is 0. The van der Waals surface area contributed by atoms with Crippen LogP contribution in [0.2, 0.25) is 0 Å². The Morgan fingerprint density at radius 3 is 0.939 bits per heavy atom. The third-order valence-corrected chi connectivity index (χ3v) is 9.76. The minimum atomic E-state index is -3.67. The first-order valence-electron chi connectivity index (χ1n) is 10.3. The molecule has 0 radical (unpaired) electrons. The van der Waals surface area contributed by atoms with Crippen LogP contribution in [0.1, 0.15) is 0 Å². The Bertz CT molecular complexity index is 1420. The molecule has 0 aliphatic carbocycles. The molecule has 6 rings (SSSR count). The lowest BCUT2D eigenvalue weighted by molar-refractivity contribution is 0.594. The molecule has 4 aromatic carbocycles. The minimum absolute atomic E-state index is 0.229. The minimum Gasteiger partial charge on any atom is -0.320 e. The predicted octanol–water partition coefficient (Wildman–Crippen LogP) is 4.91. The van der Waals surface area contributed by atoms with Crippen molar-refractivity contribution in [1.29, 1.82) is 0 Å². The van der Waals surface area contributed by atoms with Gasteiger partial charge in [0, 0.05) is 0 Å². The Morgan fingerprint density at radius 1 is 0.424 bits per heavy atom. The first-order valence-corrected chi connectivity index (χ1v) is 13.3. The number of hydrogen-bond acceptors (Lipinski definition) is 6. The standard InChI is InChI=1S/C25H18N2O4S2/c28-32(29)22-13-5-1-9-18(22)26(19-10-2-6-14-23(19)32)17-27-20-11-3-7-15-24(20)33(30,31)25-16-8-4-12-21(25)27/h1-16H,17H2. The van der Waals surface area contributed by atoms with Crippen molar-refractivity contribution in [3.05, 3.63) is 97.1 Å². The fourth-order valence-electron chi connectivity index (χ4n) is 4.57. The second-order valence-corrected chi connectivity index (χ2v) is 11.6. The van der Waals surface area contributed by atoms with Gasteiger partial charge in [0.05, 0.1) is 42.3 Å². The van der Waals surface area contributed by atoms with Gasteiger partial charge in [-0.2, -0.15) is 0 Å². The van der Waals surface area contributed by atoms with Crippen molar-refractivity contribution < 1.29 is 16.8 Å². The quantitative estimate of drug-likeness (QED) is 0.411. The van der Waals surface area contributed by atoms with Crippen molar-refractivity contribution in [2.45, 2.75) is 19.6 Å². The fraction of sp³-hybridized carbons (Fsp3) is 0.0400. The third-order valence-electron chi connectivity index (χ3n) is 6.07. The van der Waals surface area contributed by atoms with Gasteiger partial charge >= 0.3 is 0 Å². The van der Waals surface area contributed by atoms with Crippen LogP contribution < -0.4 is 9.80 Å². The highest BCUT2D eigenvalue weighted by molar-refractivity contribution is 7.92. The van der Waals surface area contributed by atoms with E-state index in [1.54, 1.807) is 97.1 Å². The number of para-hydroxylation sites is 4. The first-order chi connectivity index (χ1) is 15.9. The van der Waals surface area contributed by atoms with Crippen molar-refractivity contribution in [1.82, 2.24) is 0 Å². The summed E-state index contributed by atoms with van der Waals surface area (Å²) < 4.78 is 53.2. The molecule has 164 valence electrons. The molecule has 0 saturated heterocycles. The summed E-state index contributed by atoms with van der Waals surface area (Å²) in [6.45, 7) is 0.229. The summed E-state index contributed by atoms with van der Waals surface area (Å²) in [4.78, 5) is 4.78. The average molecular weight is 475 g/mol. The molecule has 0 aromatic heterocycles. The van der Waals surface area contributed by atoms with Crippen molar-refractivity contribution in [2.75, 3.05) is 16.5 Å². The molecule has 0 saturated carbocycles. The zero-order chi connectivity index (χ0) is 22.8. The van der Waals surface area contributed by atoms with E-state index in [9.17, 15) is 16.8 Å². The maximum absolute atomic E-state index is 13.3. The van der Waals surface area contributed by atoms with Crippen LogP contribution in [0.5, 0.6) is 0 Å². The van der Waals surface area contributed by atoms with Gasteiger partial charge in [-0.1, -0.05) is 48.5 Å². The lowest BCUT2D eigenvalue weighted by Gasteiger charge is -2.40. The Labute approximate surface area is 192 Å². The van der Waals surface area contributed by atoms with Crippen molar-refractivity contribution in [2.24, 2.45) is 0 Å². The van der Waals surface area contributed by atoms with Gasteiger partial charge in [0.2, 0.25) is 19.7 Å². The van der Waals surface area contributed by atoms with E-state index >= 15 is 0 Å². The lowest BCUT2D eigenvalue weighted by Crippen LogP contribution is -2.38. The van der Waals surface area contributed by atoms with E-state index in [-0.39, 0.29) is 26.3 Å². The summed E-state index contributed by atoms with van der Waals surface area (Å²) in [5.74, 6) is 0. The molecule has 0 fully saturated rings.